The zero-order valence-electron chi connectivity index (χ0n) is 15.5. The van der Waals surface area contributed by atoms with Gasteiger partial charge in [-0.2, -0.15) is 0 Å². The van der Waals surface area contributed by atoms with Crippen molar-refractivity contribution in [1.29, 1.82) is 0 Å². The van der Waals surface area contributed by atoms with Crippen LogP contribution >= 0.6 is 0 Å². The number of benzene rings is 2. The lowest BCUT2D eigenvalue weighted by Gasteiger charge is -2.14. The monoisotopic (exact) mass is 368 g/mol. The molecule has 2 N–H and O–H groups in total. The second-order valence-corrected chi connectivity index (χ2v) is 6.15. The number of hydrogen-bond acceptors (Lipinski definition) is 6. The minimum absolute atomic E-state index is 0.196. The van der Waals surface area contributed by atoms with Crippen LogP contribution in [-0.4, -0.2) is 40.5 Å². The SMILES string of the molecule is COCOc1ccc(-c2nnn(C)c2C(O)CNCc2ccccc2)cc1. The van der Waals surface area contributed by atoms with Gasteiger partial charge < -0.3 is 19.9 Å². The van der Waals surface area contributed by atoms with Gasteiger partial charge in [-0.1, -0.05) is 35.5 Å². The van der Waals surface area contributed by atoms with Crippen molar-refractivity contribution >= 4 is 0 Å². The van der Waals surface area contributed by atoms with Crippen molar-refractivity contribution in [2.45, 2.75) is 12.6 Å². The third-order valence-corrected chi connectivity index (χ3v) is 4.17. The van der Waals surface area contributed by atoms with Crippen LogP contribution in [-0.2, 0) is 18.3 Å². The molecule has 27 heavy (non-hydrogen) atoms. The van der Waals surface area contributed by atoms with Gasteiger partial charge in [-0.15, -0.1) is 5.10 Å². The van der Waals surface area contributed by atoms with Gasteiger partial charge in [0.2, 0.25) is 0 Å². The van der Waals surface area contributed by atoms with Crippen LogP contribution in [0.3, 0.4) is 0 Å². The molecule has 1 atom stereocenters. The van der Waals surface area contributed by atoms with Gasteiger partial charge in [0, 0.05) is 32.8 Å². The number of hydrogen-bond donors (Lipinski definition) is 2. The van der Waals surface area contributed by atoms with E-state index in [0.29, 0.717) is 30.2 Å². The Labute approximate surface area is 158 Å². The Kier molecular flexibility index (Phi) is 6.54. The van der Waals surface area contributed by atoms with E-state index in [9.17, 15) is 5.11 Å². The predicted molar refractivity (Wildman–Crippen MR) is 102 cm³/mol. The standard InChI is InChI=1S/C20H24N4O3/c1-24-20(18(25)13-21-12-15-6-4-3-5-7-15)19(22-23-24)16-8-10-17(11-9-16)27-14-26-2/h3-11,18,21,25H,12-14H2,1-2H3. The number of aliphatic hydroxyl groups is 1. The normalized spacial score (nSPS) is 12.1. The number of ether oxygens (including phenoxy) is 2. The fourth-order valence-electron chi connectivity index (χ4n) is 2.83. The molecule has 0 bridgehead atoms. The molecule has 0 aliphatic carbocycles. The van der Waals surface area contributed by atoms with Gasteiger partial charge in [0.15, 0.2) is 6.79 Å². The van der Waals surface area contributed by atoms with Crippen molar-refractivity contribution in [1.82, 2.24) is 20.3 Å². The fraction of sp³-hybridized carbons (Fsp3) is 0.300. The van der Waals surface area contributed by atoms with Gasteiger partial charge in [0.25, 0.3) is 0 Å². The quantitative estimate of drug-likeness (QED) is 0.564. The van der Waals surface area contributed by atoms with Crippen molar-refractivity contribution in [3.8, 4) is 17.0 Å². The molecule has 0 saturated carbocycles. The van der Waals surface area contributed by atoms with Crippen molar-refractivity contribution in [3.63, 3.8) is 0 Å². The molecular formula is C20H24N4O3. The molecule has 7 nitrogen and oxygen atoms in total. The van der Waals surface area contributed by atoms with Crippen LogP contribution in [0.4, 0.5) is 0 Å². The van der Waals surface area contributed by atoms with E-state index in [0.717, 1.165) is 5.56 Å². The number of aromatic nitrogens is 3. The molecule has 7 heteroatoms. The molecule has 3 aromatic rings. The molecule has 0 fully saturated rings. The number of nitrogens with one attached hydrogen (secondary N) is 1. The van der Waals surface area contributed by atoms with Gasteiger partial charge in [0.1, 0.15) is 17.5 Å². The topological polar surface area (TPSA) is 81.4 Å². The van der Waals surface area contributed by atoms with Crippen molar-refractivity contribution in [2.75, 3.05) is 20.4 Å². The van der Waals surface area contributed by atoms with Crippen LogP contribution in [0.1, 0.15) is 17.4 Å². The van der Waals surface area contributed by atoms with E-state index in [1.165, 1.54) is 5.56 Å². The van der Waals surface area contributed by atoms with Crippen LogP contribution in [0.2, 0.25) is 0 Å². The molecule has 0 saturated heterocycles. The molecule has 1 aromatic heterocycles. The minimum atomic E-state index is -0.729. The van der Waals surface area contributed by atoms with Crippen molar-refractivity contribution < 1.29 is 14.6 Å². The molecule has 0 amide bonds. The van der Waals surface area contributed by atoms with Crippen molar-refractivity contribution in [2.24, 2.45) is 7.05 Å². The molecule has 142 valence electrons. The largest absolute Gasteiger partial charge is 0.468 e. The summed E-state index contributed by atoms with van der Waals surface area (Å²) in [6.45, 7) is 1.28. The predicted octanol–water partition coefficient (Wildman–Crippen LogP) is 2.29. The molecule has 3 rings (SSSR count). The Bertz CT molecular complexity index is 834. The lowest BCUT2D eigenvalue weighted by atomic mass is 10.1. The molecule has 0 radical (unpaired) electrons. The van der Waals surface area contributed by atoms with E-state index < -0.39 is 6.10 Å². The van der Waals surface area contributed by atoms with Crippen LogP contribution in [0.25, 0.3) is 11.3 Å². The van der Waals surface area contributed by atoms with Crippen molar-refractivity contribution in [3.05, 3.63) is 65.9 Å². The average Bonchev–Trinajstić information content (AvgIpc) is 3.09. The summed E-state index contributed by atoms with van der Waals surface area (Å²) in [5, 5.41) is 22.3. The number of aryl methyl sites for hydroxylation is 1. The Morgan fingerprint density at radius 2 is 1.85 bits per heavy atom. The van der Waals surface area contributed by atoms with E-state index >= 15 is 0 Å². The summed E-state index contributed by atoms with van der Waals surface area (Å²) in [7, 11) is 3.36. The second kappa shape index (κ2) is 9.27. The Hall–Kier alpha value is -2.74. The zero-order chi connectivity index (χ0) is 19.1. The molecule has 1 heterocycles. The van der Waals surface area contributed by atoms with Gasteiger partial charge in [-0.25, -0.2) is 4.68 Å². The second-order valence-electron chi connectivity index (χ2n) is 6.15. The van der Waals surface area contributed by atoms with Gasteiger partial charge in [-0.3, -0.25) is 0 Å². The number of rotatable bonds is 9. The number of aliphatic hydroxyl groups excluding tert-OH is 1. The third kappa shape index (κ3) is 4.91. The first-order valence-corrected chi connectivity index (χ1v) is 8.73. The Morgan fingerprint density at radius 3 is 2.56 bits per heavy atom. The average molecular weight is 368 g/mol. The smallest absolute Gasteiger partial charge is 0.188 e. The van der Waals surface area contributed by atoms with E-state index in [-0.39, 0.29) is 6.79 Å². The molecular weight excluding hydrogens is 344 g/mol. The van der Waals surface area contributed by atoms with E-state index in [1.54, 1.807) is 18.8 Å². The maximum Gasteiger partial charge on any atom is 0.188 e. The van der Waals surface area contributed by atoms with Crippen LogP contribution in [0, 0.1) is 0 Å². The number of methoxy groups -OCH3 is 1. The molecule has 0 aliphatic rings. The maximum absolute atomic E-state index is 10.7. The van der Waals surface area contributed by atoms with E-state index in [1.807, 2.05) is 54.6 Å². The minimum Gasteiger partial charge on any atom is -0.468 e. The molecule has 0 spiro atoms. The summed E-state index contributed by atoms with van der Waals surface area (Å²) in [5.74, 6) is 0.705. The molecule has 2 aromatic carbocycles. The number of nitrogens with zero attached hydrogens (tertiary/aromatic N) is 3. The summed E-state index contributed by atoms with van der Waals surface area (Å²) in [4.78, 5) is 0. The van der Waals surface area contributed by atoms with Crippen LogP contribution in [0.5, 0.6) is 5.75 Å². The molecule has 1 unspecified atom stereocenters. The first kappa shape index (κ1) is 19.0. The summed E-state index contributed by atoms with van der Waals surface area (Å²) in [5.41, 5.74) is 3.36. The summed E-state index contributed by atoms with van der Waals surface area (Å²) >= 11 is 0. The highest BCUT2D eigenvalue weighted by Gasteiger charge is 2.20. The Morgan fingerprint density at radius 1 is 1.11 bits per heavy atom. The lowest BCUT2D eigenvalue weighted by molar-refractivity contribution is 0.0511. The van der Waals surface area contributed by atoms with E-state index in [2.05, 4.69) is 15.6 Å². The summed E-state index contributed by atoms with van der Waals surface area (Å²) in [6.07, 6.45) is -0.729. The first-order chi connectivity index (χ1) is 13.2. The fourth-order valence-corrected chi connectivity index (χ4v) is 2.83. The summed E-state index contributed by atoms with van der Waals surface area (Å²) < 4.78 is 11.9. The van der Waals surface area contributed by atoms with Gasteiger partial charge in [0.05, 0.1) is 5.69 Å². The highest BCUT2D eigenvalue weighted by Crippen LogP contribution is 2.27. The lowest BCUT2D eigenvalue weighted by Crippen LogP contribution is -2.23. The van der Waals surface area contributed by atoms with Gasteiger partial charge in [-0.05, 0) is 29.8 Å². The highest BCUT2D eigenvalue weighted by molar-refractivity contribution is 5.62. The highest BCUT2D eigenvalue weighted by atomic mass is 16.7. The van der Waals surface area contributed by atoms with Crippen LogP contribution in [0.15, 0.2) is 54.6 Å². The van der Waals surface area contributed by atoms with Gasteiger partial charge >= 0.3 is 0 Å². The Balaban J connectivity index is 1.68. The maximum atomic E-state index is 10.7. The van der Waals surface area contributed by atoms with Crippen LogP contribution < -0.4 is 10.1 Å². The zero-order valence-corrected chi connectivity index (χ0v) is 15.5. The first-order valence-electron chi connectivity index (χ1n) is 8.73. The summed E-state index contributed by atoms with van der Waals surface area (Å²) in [6, 6.07) is 17.5. The van der Waals surface area contributed by atoms with E-state index in [4.69, 9.17) is 9.47 Å². The molecule has 0 aliphatic heterocycles. The third-order valence-electron chi connectivity index (χ3n) is 4.17.